The summed E-state index contributed by atoms with van der Waals surface area (Å²) in [6.45, 7) is 1.97. The Morgan fingerprint density at radius 3 is 2.64 bits per heavy atom. The molecule has 1 amide bonds. The van der Waals surface area contributed by atoms with Gasteiger partial charge in [-0.1, -0.05) is 0 Å². The zero-order chi connectivity index (χ0) is 17.6. The van der Waals surface area contributed by atoms with E-state index in [-0.39, 0.29) is 11.7 Å². The van der Waals surface area contributed by atoms with Crippen molar-refractivity contribution in [3.63, 3.8) is 0 Å². The Bertz CT molecular complexity index is 693. The predicted octanol–water partition coefficient (Wildman–Crippen LogP) is 2.52. The van der Waals surface area contributed by atoms with Crippen LogP contribution in [0.15, 0.2) is 30.6 Å². The summed E-state index contributed by atoms with van der Waals surface area (Å²) >= 11 is 0. The molecule has 0 aliphatic carbocycles. The van der Waals surface area contributed by atoms with Crippen LogP contribution < -0.4 is 4.74 Å². The number of piperidine rings is 1. The van der Waals surface area contributed by atoms with Crippen LogP contribution in [-0.4, -0.2) is 45.3 Å². The van der Waals surface area contributed by atoms with E-state index in [1.807, 2.05) is 16.5 Å². The van der Waals surface area contributed by atoms with Gasteiger partial charge in [-0.2, -0.15) is 0 Å². The van der Waals surface area contributed by atoms with E-state index in [2.05, 4.69) is 10.2 Å². The van der Waals surface area contributed by atoms with Crippen LogP contribution in [0, 0.1) is 5.82 Å². The lowest BCUT2D eigenvalue weighted by Gasteiger charge is -2.31. The lowest BCUT2D eigenvalue weighted by atomic mass is 9.95. The zero-order valence-corrected chi connectivity index (χ0v) is 14.4. The van der Waals surface area contributed by atoms with Crippen LogP contribution in [0.5, 0.6) is 5.75 Å². The molecule has 0 saturated carbocycles. The molecule has 1 fully saturated rings. The minimum Gasteiger partial charge on any atom is -0.494 e. The van der Waals surface area contributed by atoms with Gasteiger partial charge in [0.25, 0.3) is 0 Å². The number of aromatic nitrogens is 3. The Morgan fingerprint density at radius 1 is 1.28 bits per heavy atom. The Balaban J connectivity index is 1.36. The molecule has 2 heterocycles. The molecule has 1 aliphatic heterocycles. The second kappa shape index (κ2) is 8.09. The monoisotopic (exact) mass is 346 g/mol. The Labute approximate surface area is 146 Å². The average molecular weight is 346 g/mol. The van der Waals surface area contributed by atoms with Crippen LogP contribution in [0.3, 0.4) is 0 Å². The number of aryl methyl sites for hydroxylation is 1. The summed E-state index contributed by atoms with van der Waals surface area (Å²) in [5, 5.41) is 8.10. The highest BCUT2D eigenvalue weighted by molar-refractivity contribution is 5.76. The molecule has 3 rings (SSSR count). The first kappa shape index (κ1) is 17.4. The molecule has 0 unspecified atom stereocenters. The van der Waals surface area contributed by atoms with Crippen LogP contribution in [0.2, 0.25) is 0 Å². The van der Waals surface area contributed by atoms with E-state index in [1.165, 1.54) is 12.1 Å². The van der Waals surface area contributed by atoms with E-state index in [9.17, 15) is 9.18 Å². The Kier molecular flexibility index (Phi) is 5.63. The van der Waals surface area contributed by atoms with Gasteiger partial charge < -0.3 is 14.2 Å². The molecule has 1 saturated heterocycles. The number of likely N-dealkylation sites (tertiary alicyclic amines) is 1. The van der Waals surface area contributed by atoms with Gasteiger partial charge in [-0.3, -0.25) is 4.79 Å². The fourth-order valence-corrected chi connectivity index (χ4v) is 3.15. The van der Waals surface area contributed by atoms with Crippen molar-refractivity contribution < 1.29 is 13.9 Å². The quantitative estimate of drug-likeness (QED) is 0.754. The number of ether oxygens (including phenoxy) is 1. The average Bonchev–Trinajstić information content (AvgIpc) is 3.06. The molecule has 6 nitrogen and oxygen atoms in total. The van der Waals surface area contributed by atoms with Gasteiger partial charge in [0.2, 0.25) is 5.91 Å². The summed E-state index contributed by atoms with van der Waals surface area (Å²) < 4.78 is 20.3. The first-order valence-corrected chi connectivity index (χ1v) is 8.63. The van der Waals surface area contributed by atoms with Crippen molar-refractivity contribution in [2.24, 2.45) is 7.05 Å². The third-order valence-electron chi connectivity index (χ3n) is 4.58. The third-order valence-corrected chi connectivity index (χ3v) is 4.58. The molecule has 134 valence electrons. The molecule has 0 N–H and O–H groups in total. The molecule has 7 heteroatoms. The van der Waals surface area contributed by atoms with Crippen LogP contribution in [0.25, 0.3) is 0 Å². The van der Waals surface area contributed by atoms with Crippen LogP contribution in [0.4, 0.5) is 4.39 Å². The van der Waals surface area contributed by atoms with Crippen LogP contribution in [-0.2, 0) is 11.8 Å². The first-order valence-electron chi connectivity index (χ1n) is 8.63. The Hall–Kier alpha value is -2.44. The van der Waals surface area contributed by atoms with Gasteiger partial charge in [0, 0.05) is 32.5 Å². The minimum absolute atomic E-state index is 0.166. The predicted molar refractivity (Wildman–Crippen MR) is 90.7 cm³/mol. The molecule has 1 aromatic heterocycles. The van der Waals surface area contributed by atoms with E-state index < -0.39 is 0 Å². The highest BCUT2D eigenvalue weighted by Crippen LogP contribution is 2.26. The number of carbonyl (C=O) groups is 1. The minimum atomic E-state index is -0.285. The molecule has 0 radical (unpaired) electrons. The highest BCUT2D eigenvalue weighted by atomic mass is 19.1. The van der Waals surface area contributed by atoms with Crippen molar-refractivity contribution in [3.8, 4) is 5.75 Å². The lowest BCUT2D eigenvalue weighted by molar-refractivity contribution is -0.132. The van der Waals surface area contributed by atoms with Crippen molar-refractivity contribution in [2.75, 3.05) is 19.7 Å². The number of benzene rings is 1. The molecule has 25 heavy (non-hydrogen) atoms. The fourth-order valence-electron chi connectivity index (χ4n) is 3.15. The molecule has 0 atom stereocenters. The van der Waals surface area contributed by atoms with Crippen molar-refractivity contribution in [1.29, 1.82) is 0 Å². The second-order valence-electron chi connectivity index (χ2n) is 6.36. The summed E-state index contributed by atoms with van der Waals surface area (Å²) in [5.74, 6) is 1.88. The Morgan fingerprint density at radius 2 is 2.00 bits per heavy atom. The van der Waals surface area contributed by atoms with Crippen LogP contribution in [0.1, 0.15) is 37.4 Å². The fraction of sp³-hybridized carbons (Fsp3) is 0.500. The number of nitrogens with zero attached hydrogens (tertiary/aromatic N) is 4. The van der Waals surface area contributed by atoms with E-state index >= 15 is 0 Å². The maximum absolute atomic E-state index is 12.8. The highest BCUT2D eigenvalue weighted by Gasteiger charge is 2.26. The van der Waals surface area contributed by atoms with Crippen LogP contribution >= 0.6 is 0 Å². The summed E-state index contributed by atoms with van der Waals surface area (Å²) in [6, 6.07) is 5.91. The maximum Gasteiger partial charge on any atom is 0.222 e. The number of halogens is 1. The van der Waals surface area contributed by atoms with Crippen molar-refractivity contribution >= 4 is 5.91 Å². The molecule has 1 aliphatic rings. The van der Waals surface area contributed by atoms with E-state index in [0.29, 0.717) is 31.1 Å². The van der Waals surface area contributed by atoms with Gasteiger partial charge in [-0.05, 0) is 43.5 Å². The van der Waals surface area contributed by atoms with Gasteiger partial charge in [0.15, 0.2) is 0 Å². The van der Waals surface area contributed by atoms with Crippen molar-refractivity contribution in [3.05, 3.63) is 42.2 Å². The van der Waals surface area contributed by atoms with Gasteiger partial charge in [0.05, 0.1) is 6.61 Å². The van der Waals surface area contributed by atoms with Crippen molar-refractivity contribution in [1.82, 2.24) is 19.7 Å². The molecular formula is C18H23FN4O2. The van der Waals surface area contributed by atoms with E-state index in [0.717, 1.165) is 31.8 Å². The van der Waals surface area contributed by atoms with Gasteiger partial charge in [0.1, 0.15) is 23.7 Å². The second-order valence-corrected chi connectivity index (χ2v) is 6.36. The first-order chi connectivity index (χ1) is 12.1. The lowest BCUT2D eigenvalue weighted by Crippen LogP contribution is -2.38. The van der Waals surface area contributed by atoms with E-state index in [4.69, 9.17) is 4.74 Å². The molecule has 0 bridgehead atoms. The topological polar surface area (TPSA) is 60.2 Å². The molecular weight excluding hydrogens is 323 g/mol. The van der Waals surface area contributed by atoms with Gasteiger partial charge >= 0.3 is 0 Å². The standard InChI is InChI=1S/C18H23FN4O2/c1-22-13-20-21-18(22)14-8-10-23(11-9-14)17(24)3-2-12-25-16-6-4-15(19)5-7-16/h4-7,13-14H,2-3,8-12H2,1H3. The molecule has 1 aromatic carbocycles. The summed E-state index contributed by atoms with van der Waals surface area (Å²) in [5.41, 5.74) is 0. The summed E-state index contributed by atoms with van der Waals surface area (Å²) in [6.07, 6.45) is 4.68. The summed E-state index contributed by atoms with van der Waals surface area (Å²) in [7, 11) is 1.95. The molecule has 2 aromatic rings. The van der Waals surface area contributed by atoms with E-state index in [1.54, 1.807) is 18.5 Å². The molecule has 0 spiro atoms. The number of hydrogen-bond acceptors (Lipinski definition) is 4. The zero-order valence-electron chi connectivity index (χ0n) is 14.4. The number of hydrogen-bond donors (Lipinski definition) is 0. The number of carbonyl (C=O) groups excluding carboxylic acids is 1. The SMILES string of the molecule is Cn1cnnc1C1CCN(C(=O)CCCOc2ccc(F)cc2)CC1. The largest absolute Gasteiger partial charge is 0.494 e. The van der Waals surface area contributed by atoms with Crippen molar-refractivity contribution in [2.45, 2.75) is 31.6 Å². The van der Waals surface area contributed by atoms with Gasteiger partial charge in [-0.15, -0.1) is 10.2 Å². The van der Waals surface area contributed by atoms with Gasteiger partial charge in [-0.25, -0.2) is 4.39 Å². The number of amides is 1. The normalized spacial score (nSPS) is 15.4. The summed E-state index contributed by atoms with van der Waals surface area (Å²) in [4.78, 5) is 14.2. The maximum atomic E-state index is 12.8. The third kappa shape index (κ3) is 4.55. The number of rotatable bonds is 6. The smallest absolute Gasteiger partial charge is 0.222 e.